The standard InChI is InChI=1S/C16H26OSi/c1-2-8-14(7-1)13-17-18(15-9-3-4-10-15)16-11-5-6-12-16/h1-2,7-8,14-16,18H,3-6,9-13H2. The van der Waals surface area contributed by atoms with E-state index >= 15 is 0 Å². The highest BCUT2D eigenvalue weighted by atomic mass is 28.3. The van der Waals surface area contributed by atoms with Gasteiger partial charge in [-0.1, -0.05) is 75.7 Å². The number of allylic oxidation sites excluding steroid dienone is 2. The van der Waals surface area contributed by atoms with E-state index in [1.165, 1.54) is 51.4 Å². The van der Waals surface area contributed by atoms with Crippen LogP contribution in [-0.4, -0.2) is 15.6 Å². The first kappa shape index (κ1) is 12.7. The van der Waals surface area contributed by atoms with Crippen LogP contribution in [0.2, 0.25) is 11.1 Å². The summed E-state index contributed by atoms with van der Waals surface area (Å²) in [5.74, 6) is 0.572. The first-order valence-electron chi connectivity index (χ1n) is 7.90. The van der Waals surface area contributed by atoms with E-state index < -0.39 is 9.04 Å². The Bertz CT molecular complexity index is 283. The monoisotopic (exact) mass is 262 g/mol. The van der Waals surface area contributed by atoms with Crippen LogP contribution < -0.4 is 0 Å². The molecule has 0 amide bonds. The molecule has 1 nitrogen and oxygen atoms in total. The third-order valence-corrected chi connectivity index (χ3v) is 8.81. The maximum Gasteiger partial charge on any atom is 0.183 e. The van der Waals surface area contributed by atoms with E-state index in [4.69, 9.17) is 4.43 Å². The van der Waals surface area contributed by atoms with Gasteiger partial charge in [0.05, 0.1) is 0 Å². The van der Waals surface area contributed by atoms with Crippen LogP contribution in [0.1, 0.15) is 51.4 Å². The Balaban J connectivity index is 1.57. The second-order valence-electron chi connectivity index (χ2n) is 6.32. The Morgan fingerprint density at radius 3 is 1.83 bits per heavy atom. The van der Waals surface area contributed by atoms with Gasteiger partial charge in [0, 0.05) is 12.5 Å². The molecule has 0 aliphatic heterocycles. The summed E-state index contributed by atoms with van der Waals surface area (Å²) in [5.41, 5.74) is 2.00. The molecule has 0 bridgehead atoms. The molecular weight excluding hydrogens is 236 g/mol. The molecule has 0 unspecified atom stereocenters. The maximum atomic E-state index is 6.53. The molecule has 3 aliphatic carbocycles. The third kappa shape index (κ3) is 2.97. The molecule has 0 radical (unpaired) electrons. The summed E-state index contributed by atoms with van der Waals surface area (Å²) in [7, 11) is -0.963. The molecule has 3 aliphatic rings. The number of hydrogen-bond acceptors (Lipinski definition) is 1. The van der Waals surface area contributed by atoms with Crippen molar-refractivity contribution in [2.24, 2.45) is 5.92 Å². The fourth-order valence-corrected chi connectivity index (χ4v) is 8.06. The molecule has 0 aromatic heterocycles. The predicted molar refractivity (Wildman–Crippen MR) is 79.3 cm³/mol. The molecule has 18 heavy (non-hydrogen) atoms. The summed E-state index contributed by atoms with van der Waals surface area (Å²) in [4.78, 5) is 0. The summed E-state index contributed by atoms with van der Waals surface area (Å²) >= 11 is 0. The van der Waals surface area contributed by atoms with E-state index in [0.717, 1.165) is 17.7 Å². The van der Waals surface area contributed by atoms with Gasteiger partial charge in [0.25, 0.3) is 0 Å². The molecule has 2 saturated carbocycles. The van der Waals surface area contributed by atoms with Gasteiger partial charge >= 0.3 is 0 Å². The van der Waals surface area contributed by atoms with Gasteiger partial charge in [0.1, 0.15) is 0 Å². The van der Waals surface area contributed by atoms with Crippen molar-refractivity contribution >= 4 is 9.04 Å². The minimum atomic E-state index is -0.963. The first-order chi connectivity index (χ1) is 8.93. The predicted octanol–water partition coefficient (Wildman–Crippen LogP) is 4.36. The third-order valence-electron chi connectivity index (χ3n) is 5.04. The molecule has 0 N–H and O–H groups in total. The normalized spacial score (nSPS) is 26.1. The highest BCUT2D eigenvalue weighted by molar-refractivity contribution is 6.55. The van der Waals surface area contributed by atoms with Gasteiger partial charge in [-0.3, -0.25) is 0 Å². The van der Waals surface area contributed by atoms with Crippen LogP contribution in [0.15, 0.2) is 24.3 Å². The van der Waals surface area contributed by atoms with E-state index in [-0.39, 0.29) is 0 Å². The summed E-state index contributed by atoms with van der Waals surface area (Å²) < 4.78 is 6.53. The molecule has 100 valence electrons. The van der Waals surface area contributed by atoms with Crippen LogP contribution in [0, 0.1) is 5.92 Å². The largest absolute Gasteiger partial charge is 0.419 e. The van der Waals surface area contributed by atoms with E-state index in [1.807, 2.05) is 0 Å². The fraction of sp³-hybridized carbons (Fsp3) is 0.750. The number of rotatable bonds is 5. The van der Waals surface area contributed by atoms with Gasteiger partial charge in [0.2, 0.25) is 0 Å². The van der Waals surface area contributed by atoms with Crippen LogP contribution >= 0.6 is 0 Å². The Kier molecular flexibility index (Phi) is 4.37. The zero-order valence-electron chi connectivity index (χ0n) is 11.4. The lowest BCUT2D eigenvalue weighted by atomic mass is 10.2. The molecule has 2 fully saturated rings. The second kappa shape index (κ2) is 6.20. The van der Waals surface area contributed by atoms with Crippen molar-refractivity contribution in [2.45, 2.75) is 62.4 Å². The lowest BCUT2D eigenvalue weighted by Gasteiger charge is -2.28. The van der Waals surface area contributed by atoms with E-state index in [1.54, 1.807) is 0 Å². The summed E-state index contributed by atoms with van der Waals surface area (Å²) in [6, 6.07) is 0. The van der Waals surface area contributed by atoms with Crippen molar-refractivity contribution in [1.29, 1.82) is 0 Å². The minimum absolute atomic E-state index is 0.572. The molecule has 2 heteroatoms. The first-order valence-corrected chi connectivity index (χ1v) is 9.70. The van der Waals surface area contributed by atoms with Crippen molar-refractivity contribution < 1.29 is 4.43 Å². The molecule has 0 heterocycles. The second-order valence-corrected chi connectivity index (χ2v) is 9.47. The highest BCUT2D eigenvalue weighted by Crippen LogP contribution is 2.43. The van der Waals surface area contributed by atoms with E-state index in [0.29, 0.717) is 5.92 Å². The van der Waals surface area contributed by atoms with Gasteiger partial charge in [-0.15, -0.1) is 0 Å². The highest BCUT2D eigenvalue weighted by Gasteiger charge is 2.36. The lowest BCUT2D eigenvalue weighted by Crippen LogP contribution is -2.30. The minimum Gasteiger partial charge on any atom is -0.419 e. The Labute approximate surface area is 113 Å². The van der Waals surface area contributed by atoms with Gasteiger partial charge in [-0.2, -0.15) is 0 Å². The summed E-state index contributed by atoms with van der Waals surface area (Å²) in [6.07, 6.45) is 20.7. The average molecular weight is 262 g/mol. The molecule has 0 atom stereocenters. The SMILES string of the molecule is C1=CC(CO[SiH](C2CCCC2)C2CCCC2)C=C1. The molecular formula is C16H26OSi. The van der Waals surface area contributed by atoms with Crippen LogP contribution in [-0.2, 0) is 4.43 Å². The topological polar surface area (TPSA) is 9.23 Å². The Hall–Kier alpha value is -0.343. The smallest absolute Gasteiger partial charge is 0.183 e. The van der Waals surface area contributed by atoms with Crippen molar-refractivity contribution in [3.8, 4) is 0 Å². The Morgan fingerprint density at radius 2 is 1.33 bits per heavy atom. The zero-order chi connectivity index (χ0) is 12.2. The molecule has 0 aromatic carbocycles. The van der Waals surface area contributed by atoms with Crippen LogP contribution in [0.4, 0.5) is 0 Å². The zero-order valence-corrected chi connectivity index (χ0v) is 12.5. The van der Waals surface area contributed by atoms with E-state index in [2.05, 4.69) is 24.3 Å². The average Bonchev–Trinajstić information content (AvgIpc) is 3.14. The molecule has 3 rings (SSSR count). The molecule has 0 spiro atoms. The lowest BCUT2D eigenvalue weighted by molar-refractivity contribution is 0.283. The van der Waals surface area contributed by atoms with Crippen molar-refractivity contribution in [2.75, 3.05) is 6.61 Å². The van der Waals surface area contributed by atoms with Crippen LogP contribution in [0.5, 0.6) is 0 Å². The van der Waals surface area contributed by atoms with Gasteiger partial charge in [0.15, 0.2) is 9.04 Å². The van der Waals surface area contributed by atoms with E-state index in [9.17, 15) is 0 Å². The van der Waals surface area contributed by atoms with Crippen LogP contribution in [0.25, 0.3) is 0 Å². The Morgan fingerprint density at radius 1 is 0.833 bits per heavy atom. The quantitative estimate of drug-likeness (QED) is 0.669. The van der Waals surface area contributed by atoms with Crippen molar-refractivity contribution in [1.82, 2.24) is 0 Å². The van der Waals surface area contributed by atoms with Gasteiger partial charge < -0.3 is 4.43 Å². The van der Waals surface area contributed by atoms with Crippen LogP contribution in [0.3, 0.4) is 0 Å². The number of hydrogen-bond donors (Lipinski definition) is 0. The molecule has 0 aromatic rings. The molecule has 0 saturated heterocycles. The summed E-state index contributed by atoms with van der Waals surface area (Å²) in [5, 5.41) is 0. The maximum absolute atomic E-state index is 6.53. The van der Waals surface area contributed by atoms with Crippen molar-refractivity contribution in [3.63, 3.8) is 0 Å². The van der Waals surface area contributed by atoms with Gasteiger partial charge in [-0.25, -0.2) is 0 Å². The van der Waals surface area contributed by atoms with Gasteiger partial charge in [-0.05, 0) is 11.1 Å². The fourth-order valence-electron chi connectivity index (χ4n) is 4.04. The summed E-state index contributed by atoms with van der Waals surface area (Å²) in [6.45, 7) is 0.969. The van der Waals surface area contributed by atoms with Crippen molar-refractivity contribution in [3.05, 3.63) is 24.3 Å².